The molecular formula is C20H32N4O4. The highest BCUT2D eigenvalue weighted by Crippen LogP contribution is 2.34. The summed E-state index contributed by atoms with van der Waals surface area (Å²) in [6, 6.07) is 0.0809. The van der Waals surface area contributed by atoms with E-state index in [1.54, 1.807) is 0 Å². The van der Waals surface area contributed by atoms with Gasteiger partial charge in [0.05, 0.1) is 12.5 Å². The van der Waals surface area contributed by atoms with E-state index in [2.05, 4.69) is 20.1 Å². The van der Waals surface area contributed by atoms with E-state index in [9.17, 15) is 9.59 Å². The number of esters is 1. The second-order valence-corrected chi connectivity index (χ2v) is 8.77. The molecule has 1 aliphatic carbocycles. The summed E-state index contributed by atoms with van der Waals surface area (Å²) >= 11 is 0. The van der Waals surface area contributed by atoms with Crippen LogP contribution in [0.2, 0.25) is 0 Å². The monoisotopic (exact) mass is 392 g/mol. The lowest BCUT2D eigenvalue weighted by molar-refractivity contribution is -0.148. The number of hydrogen-bond donors (Lipinski definition) is 1. The number of aromatic nitrogens is 3. The summed E-state index contributed by atoms with van der Waals surface area (Å²) in [6.07, 6.45) is 4.81. The van der Waals surface area contributed by atoms with Gasteiger partial charge in [0.2, 0.25) is 0 Å². The second-order valence-electron chi connectivity index (χ2n) is 8.77. The molecule has 8 heteroatoms. The summed E-state index contributed by atoms with van der Waals surface area (Å²) in [7, 11) is 0. The van der Waals surface area contributed by atoms with Crippen molar-refractivity contribution in [3.05, 3.63) is 11.6 Å². The summed E-state index contributed by atoms with van der Waals surface area (Å²) in [5.74, 6) is 1.83. The minimum atomic E-state index is -0.500. The Bertz CT molecular complexity index is 710. The summed E-state index contributed by atoms with van der Waals surface area (Å²) in [5, 5.41) is 11.8. The third-order valence-corrected chi connectivity index (χ3v) is 5.37. The van der Waals surface area contributed by atoms with E-state index in [0.717, 1.165) is 50.3 Å². The van der Waals surface area contributed by atoms with Crippen LogP contribution in [0.3, 0.4) is 0 Å². The smallest absolute Gasteiger partial charge is 0.407 e. The molecule has 0 saturated heterocycles. The molecule has 1 unspecified atom stereocenters. The van der Waals surface area contributed by atoms with Crippen molar-refractivity contribution < 1.29 is 19.1 Å². The van der Waals surface area contributed by atoms with Gasteiger partial charge in [0, 0.05) is 24.9 Å². The van der Waals surface area contributed by atoms with Gasteiger partial charge in [-0.2, -0.15) is 0 Å². The number of fused-ring (bicyclic) bond motifs is 1. The largest absolute Gasteiger partial charge is 0.466 e. The molecule has 0 aromatic carbocycles. The second kappa shape index (κ2) is 8.49. The summed E-state index contributed by atoms with van der Waals surface area (Å²) in [5.41, 5.74) is -0.500. The fourth-order valence-electron chi connectivity index (χ4n) is 4.14. The predicted octanol–water partition coefficient (Wildman–Crippen LogP) is 2.95. The van der Waals surface area contributed by atoms with Crippen LogP contribution in [0.25, 0.3) is 0 Å². The van der Waals surface area contributed by atoms with Gasteiger partial charge < -0.3 is 19.4 Å². The molecule has 3 atom stereocenters. The first-order chi connectivity index (χ1) is 13.3. The van der Waals surface area contributed by atoms with Gasteiger partial charge in [0.15, 0.2) is 0 Å². The highest BCUT2D eigenvalue weighted by molar-refractivity contribution is 5.72. The fourth-order valence-corrected chi connectivity index (χ4v) is 4.14. The molecule has 1 aromatic heterocycles. The Morgan fingerprint density at radius 2 is 2.00 bits per heavy atom. The zero-order valence-corrected chi connectivity index (χ0v) is 17.4. The molecule has 1 saturated carbocycles. The van der Waals surface area contributed by atoms with Crippen molar-refractivity contribution in [1.82, 2.24) is 20.1 Å². The molecule has 1 amide bonds. The van der Waals surface area contributed by atoms with Gasteiger partial charge in [-0.1, -0.05) is 6.42 Å². The Balaban J connectivity index is 1.62. The van der Waals surface area contributed by atoms with E-state index in [1.165, 1.54) is 0 Å². The Hall–Kier alpha value is -2.12. The maximum atomic E-state index is 12.1. The molecular weight excluding hydrogens is 360 g/mol. The van der Waals surface area contributed by atoms with E-state index in [-0.39, 0.29) is 29.9 Å². The fraction of sp³-hybridized carbons (Fsp3) is 0.800. The van der Waals surface area contributed by atoms with Crippen molar-refractivity contribution in [3.63, 3.8) is 0 Å². The van der Waals surface area contributed by atoms with Gasteiger partial charge in [0.1, 0.15) is 17.2 Å². The van der Waals surface area contributed by atoms with Crippen molar-refractivity contribution in [1.29, 1.82) is 0 Å². The first-order valence-electron chi connectivity index (χ1n) is 10.3. The molecule has 2 aliphatic rings. The number of nitrogens with zero attached hydrogens (tertiary/aromatic N) is 3. The van der Waals surface area contributed by atoms with Crippen molar-refractivity contribution in [2.75, 3.05) is 6.61 Å². The SMILES string of the molecule is CCOC(=O)C1CCn2c(nnc2[C@H]2CCC[C@@H](NC(=O)OC(C)(C)C)C2)C1. The van der Waals surface area contributed by atoms with Crippen LogP contribution in [0.4, 0.5) is 4.79 Å². The molecule has 1 N–H and O–H groups in total. The van der Waals surface area contributed by atoms with E-state index < -0.39 is 5.60 Å². The molecule has 3 rings (SSSR count). The Kier molecular flexibility index (Phi) is 6.25. The first-order valence-corrected chi connectivity index (χ1v) is 10.3. The number of amides is 1. The minimum absolute atomic E-state index is 0.0809. The van der Waals surface area contributed by atoms with Crippen LogP contribution in [0.1, 0.15) is 77.4 Å². The lowest BCUT2D eigenvalue weighted by atomic mass is 9.85. The zero-order chi connectivity index (χ0) is 20.3. The number of rotatable bonds is 4. The van der Waals surface area contributed by atoms with Crippen LogP contribution in [0.15, 0.2) is 0 Å². The maximum absolute atomic E-state index is 12.1. The third-order valence-electron chi connectivity index (χ3n) is 5.37. The molecule has 0 bridgehead atoms. The molecule has 28 heavy (non-hydrogen) atoms. The van der Waals surface area contributed by atoms with Gasteiger partial charge in [-0.3, -0.25) is 4.79 Å². The number of carbonyl (C=O) groups is 2. The molecule has 0 spiro atoms. The van der Waals surface area contributed by atoms with Crippen LogP contribution >= 0.6 is 0 Å². The van der Waals surface area contributed by atoms with Gasteiger partial charge in [-0.15, -0.1) is 10.2 Å². The Labute approximate surface area is 166 Å². The predicted molar refractivity (Wildman–Crippen MR) is 103 cm³/mol. The van der Waals surface area contributed by atoms with E-state index >= 15 is 0 Å². The standard InChI is InChI=1S/C20H32N4O4/c1-5-27-18(25)14-9-10-24-16(12-14)22-23-17(24)13-7-6-8-15(11-13)21-19(26)28-20(2,3)4/h13-15H,5-12H2,1-4H3,(H,21,26)/t13-,14?,15+/m0/s1. The van der Waals surface area contributed by atoms with Gasteiger partial charge >= 0.3 is 12.1 Å². The molecule has 2 heterocycles. The van der Waals surface area contributed by atoms with Crippen LogP contribution in [-0.2, 0) is 27.2 Å². The highest BCUT2D eigenvalue weighted by atomic mass is 16.6. The molecule has 8 nitrogen and oxygen atoms in total. The number of hydrogen-bond acceptors (Lipinski definition) is 6. The van der Waals surface area contributed by atoms with E-state index in [4.69, 9.17) is 9.47 Å². The Morgan fingerprint density at radius 3 is 2.71 bits per heavy atom. The quantitative estimate of drug-likeness (QED) is 0.792. The molecule has 0 radical (unpaired) electrons. The van der Waals surface area contributed by atoms with Gasteiger partial charge in [-0.25, -0.2) is 4.79 Å². The van der Waals surface area contributed by atoms with E-state index in [1.807, 2.05) is 27.7 Å². The van der Waals surface area contributed by atoms with E-state index in [0.29, 0.717) is 13.0 Å². The average molecular weight is 393 g/mol. The third kappa shape index (κ3) is 5.02. The van der Waals surface area contributed by atoms with Crippen LogP contribution in [-0.4, -0.2) is 45.1 Å². The minimum Gasteiger partial charge on any atom is -0.466 e. The van der Waals surface area contributed by atoms with Crippen LogP contribution < -0.4 is 5.32 Å². The summed E-state index contributed by atoms with van der Waals surface area (Å²) in [4.78, 5) is 24.1. The Morgan fingerprint density at radius 1 is 1.21 bits per heavy atom. The normalized spacial score (nSPS) is 24.9. The zero-order valence-electron chi connectivity index (χ0n) is 17.4. The molecule has 156 valence electrons. The van der Waals surface area contributed by atoms with Crippen molar-refractivity contribution in [2.45, 2.75) is 90.3 Å². The van der Waals surface area contributed by atoms with Crippen molar-refractivity contribution in [2.24, 2.45) is 5.92 Å². The maximum Gasteiger partial charge on any atom is 0.407 e. The number of nitrogens with one attached hydrogen (secondary N) is 1. The topological polar surface area (TPSA) is 95.3 Å². The lowest BCUT2D eigenvalue weighted by Gasteiger charge is -2.31. The molecule has 1 fully saturated rings. The highest BCUT2D eigenvalue weighted by Gasteiger charge is 2.33. The summed E-state index contributed by atoms with van der Waals surface area (Å²) < 4.78 is 12.7. The van der Waals surface area contributed by atoms with Crippen LogP contribution in [0.5, 0.6) is 0 Å². The van der Waals surface area contributed by atoms with Gasteiger partial charge in [-0.05, 0) is 53.4 Å². The summed E-state index contributed by atoms with van der Waals surface area (Å²) in [6.45, 7) is 8.56. The van der Waals surface area contributed by atoms with Gasteiger partial charge in [0.25, 0.3) is 0 Å². The van der Waals surface area contributed by atoms with Crippen molar-refractivity contribution >= 4 is 12.1 Å². The molecule has 1 aromatic rings. The number of ether oxygens (including phenoxy) is 2. The lowest BCUT2D eigenvalue weighted by Crippen LogP contribution is -2.41. The number of alkyl carbamates (subject to hydrolysis) is 1. The van der Waals surface area contributed by atoms with Crippen LogP contribution in [0, 0.1) is 5.92 Å². The number of carbonyl (C=O) groups excluding carboxylic acids is 2. The molecule has 1 aliphatic heterocycles. The average Bonchev–Trinajstić information content (AvgIpc) is 3.03. The van der Waals surface area contributed by atoms with Crippen molar-refractivity contribution in [3.8, 4) is 0 Å². The first kappa shape index (κ1) is 20.6.